The molecule has 1 saturated heterocycles. The Balaban J connectivity index is 1.55. The Morgan fingerprint density at radius 1 is 1.07 bits per heavy atom. The van der Waals surface area contributed by atoms with E-state index in [1.807, 2.05) is 12.1 Å². The van der Waals surface area contributed by atoms with E-state index < -0.39 is 21.7 Å². The third kappa shape index (κ3) is 5.78. The molecule has 0 radical (unpaired) electrons. The van der Waals surface area contributed by atoms with Crippen molar-refractivity contribution < 1.29 is 17.6 Å². The van der Waals surface area contributed by atoms with Crippen LogP contribution in [0.25, 0.3) is 0 Å². The van der Waals surface area contributed by atoms with Crippen molar-refractivity contribution in [1.29, 1.82) is 0 Å². The number of likely N-dealkylation sites (N-methyl/N-ethyl adjacent to an activating group) is 1. The molecule has 0 unspecified atom stereocenters. The lowest BCUT2D eigenvalue weighted by atomic mass is 10.1. The Bertz CT molecular complexity index is 988. The molecular weight excluding hydrogens is 407 g/mol. The average molecular weight is 435 g/mol. The molecule has 0 saturated carbocycles. The summed E-state index contributed by atoms with van der Waals surface area (Å²) in [5.74, 6) is -1.23. The zero-order valence-electron chi connectivity index (χ0n) is 17.2. The number of sulfonamides is 1. The number of carbonyl (C=O) groups excluding carboxylic acids is 1. The van der Waals surface area contributed by atoms with E-state index in [0.29, 0.717) is 6.42 Å². The second kappa shape index (κ2) is 9.55. The molecule has 1 aliphatic rings. The Morgan fingerprint density at radius 3 is 2.33 bits per heavy atom. The number of hydrogen-bond acceptors (Lipinski definition) is 5. The Hall–Kier alpha value is -2.49. The topological polar surface area (TPSA) is 81.7 Å². The van der Waals surface area contributed by atoms with Gasteiger partial charge < -0.3 is 15.1 Å². The number of hydrogen-bond donors (Lipinski definition) is 2. The lowest BCUT2D eigenvalue weighted by molar-refractivity contribution is -0.114. The maximum Gasteiger partial charge on any atom is 0.240 e. The van der Waals surface area contributed by atoms with Crippen LogP contribution < -0.4 is 14.9 Å². The van der Waals surface area contributed by atoms with E-state index in [-0.39, 0.29) is 17.1 Å². The van der Waals surface area contributed by atoms with E-state index in [0.717, 1.165) is 37.8 Å². The second-order valence-corrected chi connectivity index (χ2v) is 9.19. The number of anilines is 2. The third-order valence-corrected chi connectivity index (χ3v) is 6.53. The highest BCUT2D eigenvalue weighted by Crippen LogP contribution is 2.20. The van der Waals surface area contributed by atoms with Gasteiger partial charge in [0, 0.05) is 45.3 Å². The quantitative estimate of drug-likeness (QED) is 0.697. The smallest absolute Gasteiger partial charge is 0.240 e. The maximum absolute atomic E-state index is 14.0. The minimum atomic E-state index is -3.84. The average Bonchev–Trinajstić information content (AvgIpc) is 2.70. The number of nitrogens with zero attached hydrogens (tertiary/aromatic N) is 2. The van der Waals surface area contributed by atoms with Crippen LogP contribution in [0, 0.1) is 5.82 Å². The van der Waals surface area contributed by atoms with E-state index in [9.17, 15) is 17.6 Å². The molecular formula is C21H27FN4O3S. The van der Waals surface area contributed by atoms with Gasteiger partial charge >= 0.3 is 0 Å². The summed E-state index contributed by atoms with van der Waals surface area (Å²) in [6, 6.07) is 11.5. The number of rotatable bonds is 7. The molecule has 0 bridgehead atoms. The van der Waals surface area contributed by atoms with Crippen molar-refractivity contribution in [2.45, 2.75) is 18.2 Å². The Labute approximate surface area is 176 Å². The van der Waals surface area contributed by atoms with Crippen LogP contribution in [-0.2, 0) is 21.2 Å². The van der Waals surface area contributed by atoms with Gasteiger partial charge in [0.2, 0.25) is 15.9 Å². The summed E-state index contributed by atoms with van der Waals surface area (Å²) < 4.78 is 41.4. The maximum atomic E-state index is 14.0. The molecule has 0 aromatic heterocycles. The molecule has 162 valence electrons. The number of carbonyl (C=O) groups is 1. The first-order valence-corrected chi connectivity index (χ1v) is 11.3. The van der Waals surface area contributed by atoms with Crippen LogP contribution in [-0.4, -0.2) is 59.0 Å². The zero-order valence-corrected chi connectivity index (χ0v) is 18.0. The van der Waals surface area contributed by atoms with Gasteiger partial charge in [0.1, 0.15) is 5.82 Å². The molecule has 0 spiro atoms. The lowest BCUT2D eigenvalue weighted by Crippen LogP contribution is -2.44. The van der Waals surface area contributed by atoms with Crippen LogP contribution >= 0.6 is 0 Å². The number of amides is 1. The second-order valence-electron chi connectivity index (χ2n) is 7.43. The number of halogens is 1. The minimum Gasteiger partial charge on any atom is -0.369 e. The van der Waals surface area contributed by atoms with Gasteiger partial charge in [0.15, 0.2) is 0 Å². The van der Waals surface area contributed by atoms with Crippen molar-refractivity contribution >= 4 is 27.3 Å². The Morgan fingerprint density at radius 2 is 1.73 bits per heavy atom. The monoisotopic (exact) mass is 434 g/mol. The molecule has 1 amide bonds. The first kappa shape index (κ1) is 22.2. The summed E-state index contributed by atoms with van der Waals surface area (Å²) in [6.45, 7) is 5.51. The summed E-state index contributed by atoms with van der Waals surface area (Å²) in [7, 11) is -1.73. The van der Waals surface area contributed by atoms with Crippen LogP contribution in [0.4, 0.5) is 15.8 Å². The molecule has 1 heterocycles. The summed E-state index contributed by atoms with van der Waals surface area (Å²) in [6.07, 6.45) is 0.523. The zero-order chi connectivity index (χ0) is 21.7. The van der Waals surface area contributed by atoms with Crippen LogP contribution in [0.3, 0.4) is 0 Å². The summed E-state index contributed by atoms with van der Waals surface area (Å²) >= 11 is 0. The Kier molecular flexibility index (Phi) is 7.06. The van der Waals surface area contributed by atoms with E-state index >= 15 is 0 Å². The molecule has 2 N–H and O–H groups in total. The van der Waals surface area contributed by atoms with Crippen LogP contribution in [0.1, 0.15) is 12.5 Å². The fourth-order valence-corrected chi connectivity index (χ4v) is 4.35. The van der Waals surface area contributed by atoms with Gasteiger partial charge in [0.25, 0.3) is 0 Å². The molecule has 0 aliphatic carbocycles. The molecule has 2 aromatic carbocycles. The largest absolute Gasteiger partial charge is 0.369 e. The van der Waals surface area contributed by atoms with Crippen LogP contribution in [0.15, 0.2) is 47.4 Å². The van der Waals surface area contributed by atoms with Crippen LogP contribution in [0.2, 0.25) is 0 Å². The van der Waals surface area contributed by atoms with Crippen molar-refractivity contribution in [2.75, 3.05) is 50.0 Å². The highest BCUT2D eigenvalue weighted by Gasteiger charge is 2.17. The van der Waals surface area contributed by atoms with Crippen molar-refractivity contribution in [3.05, 3.63) is 53.8 Å². The normalized spacial score (nSPS) is 15.2. The molecule has 2 aromatic rings. The fraction of sp³-hybridized carbons (Fsp3) is 0.381. The summed E-state index contributed by atoms with van der Waals surface area (Å²) in [5.41, 5.74) is 2.13. The predicted octanol–water partition coefficient (Wildman–Crippen LogP) is 2.06. The predicted molar refractivity (Wildman–Crippen MR) is 116 cm³/mol. The number of benzene rings is 2. The summed E-state index contributed by atoms with van der Waals surface area (Å²) in [4.78, 5) is 15.5. The van der Waals surface area contributed by atoms with Crippen LogP contribution in [0.5, 0.6) is 0 Å². The molecule has 30 heavy (non-hydrogen) atoms. The number of piperazine rings is 1. The molecule has 7 nitrogen and oxygen atoms in total. The van der Waals surface area contributed by atoms with Crippen molar-refractivity contribution in [1.82, 2.24) is 9.62 Å². The number of nitrogens with one attached hydrogen (secondary N) is 2. The highest BCUT2D eigenvalue weighted by molar-refractivity contribution is 7.89. The van der Waals surface area contributed by atoms with Gasteiger partial charge in [0.05, 0.1) is 10.6 Å². The molecule has 1 fully saturated rings. The van der Waals surface area contributed by atoms with E-state index in [1.54, 1.807) is 0 Å². The third-order valence-electron chi connectivity index (χ3n) is 5.07. The fourth-order valence-electron chi connectivity index (χ4n) is 3.31. The molecule has 1 aliphatic heterocycles. The van der Waals surface area contributed by atoms with Crippen molar-refractivity contribution in [3.63, 3.8) is 0 Å². The lowest BCUT2D eigenvalue weighted by Gasteiger charge is -2.34. The van der Waals surface area contributed by atoms with Gasteiger partial charge in [-0.05, 0) is 49.4 Å². The van der Waals surface area contributed by atoms with Gasteiger partial charge in [-0.1, -0.05) is 12.1 Å². The first-order chi connectivity index (χ1) is 14.2. The molecule has 3 rings (SSSR count). The van der Waals surface area contributed by atoms with Gasteiger partial charge in [-0.25, -0.2) is 17.5 Å². The molecule has 9 heteroatoms. The SMILES string of the molecule is CC(=O)Nc1ccc(S(=O)(=O)NCCc2ccc(N3CCN(C)CC3)cc2)cc1F. The molecule has 0 atom stereocenters. The summed E-state index contributed by atoms with van der Waals surface area (Å²) in [5, 5.41) is 2.31. The van der Waals surface area contributed by atoms with E-state index in [4.69, 9.17) is 0 Å². The van der Waals surface area contributed by atoms with E-state index in [1.165, 1.54) is 24.7 Å². The standard InChI is InChI=1S/C21H27FN4O3S/c1-16(27)24-21-8-7-19(15-20(21)22)30(28,29)23-10-9-17-3-5-18(6-4-17)26-13-11-25(2)12-14-26/h3-8,15,23H,9-14H2,1-2H3,(H,24,27). The van der Waals surface area contributed by atoms with E-state index in [2.05, 4.69) is 39.0 Å². The van der Waals surface area contributed by atoms with Gasteiger partial charge in [-0.2, -0.15) is 0 Å². The minimum absolute atomic E-state index is 0.0538. The highest BCUT2D eigenvalue weighted by atomic mass is 32.2. The van der Waals surface area contributed by atoms with Crippen molar-refractivity contribution in [3.8, 4) is 0 Å². The first-order valence-electron chi connectivity index (χ1n) is 9.84. The van der Waals surface area contributed by atoms with Gasteiger partial charge in [-0.3, -0.25) is 4.79 Å². The van der Waals surface area contributed by atoms with Crippen molar-refractivity contribution in [2.24, 2.45) is 0 Å². The van der Waals surface area contributed by atoms with Gasteiger partial charge in [-0.15, -0.1) is 0 Å².